The maximum atomic E-state index is 12.8. The van der Waals surface area contributed by atoms with Gasteiger partial charge in [-0.05, 0) is 18.2 Å². The predicted molar refractivity (Wildman–Crippen MR) is 62.9 cm³/mol. The Morgan fingerprint density at radius 2 is 2.06 bits per heavy atom. The minimum Gasteiger partial charge on any atom is -0.347 e. The van der Waals surface area contributed by atoms with Gasteiger partial charge in [-0.2, -0.15) is 0 Å². The van der Waals surface area contributed by atoms with Gasteiger partial charge < -0.3 is 10.6 Å². The van der Waals surface area contributed by atoms with Crippen LogP contribution in [0, 0.1) is 11.7 Å². The first-order valence-electron chi connectivity index (χ1n) is 5.32. The van der Waals surface area contributed by atoms with Crippen LogP contribution in [0.5, 0.6) is 0 Å². The van der Waals surface area contributed by atoms with E-state index in [1.54, 1.807) is 19.9 Å². The van der Waals surface area contributed by atoms with Crippen molar-refractivity contribution < 1.29 is 14.0 Å². The zero-order valence-electron chi connectivity index (χ0n) is 9.79. The molecule has 0 aliphatic rings. The van der Waals surface area contributed by atoms with E-state index in [0.29, 0.717) is 5.69 Å². The predicted octanol–water partition coefficient (Wildman–Crippen LogP) is 1.54. The van der Waals surface area contributed by atoms with Gasteiger partial charge >= 0.3 is 0 Å². The Bertz CT molecular complexity index is 419. The van der Waals surface area contributed by atoms with E-state index < -0.39 is 5.82 Å². The van der Waals surface area contributed by atoms with Crippen molar-refractivity contribution in [2.45, 2.75) is 13.8 Å². The van der Waals surface area contributed by atoms with E-state index in [9.17, 15) is 14.0 Å². The number of amides is 2. The first-order chi connectivity index (χ1) is 7.99. The van der Waals surface area contributed by atoms with Crippen molar-refractivity contribution in [3.63, 3.8) is 0 Å². The minimum absolute atomic E-state index is 0.118. The average Bonchev–Trinajstić information content (AvgIpc) is 2.25. The second-order valence-corrected chi connectivity index (χ2v) is 3.93. The Balaban J connectivity index is 2.43. The standard InChI is InChI=1S/C12H15FN2O2/c1-8(2)12(17)14-7-11(16)15-10-5-3-4-9(13)6-10/h3-6,8H,7H2,1-2H3,(H,14,17)(H,15,16). The Morgan fingerprint density at radius 3 is 2.65 bits per heavy atom. The Labute approximate surface area is 99.2 Å². The number of halogens is 1. The molecule has 5 heteroatoms. The van der Waals surface area contributed by atoms with Crippen molar-refractivity contribution >= 4 is 17.5 Å². The van der Waals surface area contributed by atoms with E-state index in [-0.39, 0.29) is 24.3 Å². The van der Waals surface area contributed by atoms with Gasteiger partial charge in [-0.3, -0.25) is 9.59 Å². The first-order valence-corrected chi connectivity index (χ1v) is 5.32. The fraction of sp³-hybridized carbons (Fsp3) is 0.333. The van der Waals surface area contributed by atoms with Crippen molar-refractivity contribution in [2.24, 2.45) is 5.92 Å². The highest BCUT2D eigenvalue weighted by atomic mass is 19.1. The molecule has 0 aromatic heterocycles. The summed E-state index contributed by atoms with van der Waals surface area (Å²) in [6.45, 7) is 3.35. The lowest BCUT2D eigenvalue weighted by atomic mass is 10.2. The van der Waals surface area contributed by atoms with Gasteiger partial charge in [-0.1, -0.05) is 19.9 Å². The molecule has 0 heterocycles. The molecule has 2 amide bonds. The summed E-state index contributed by atoms with van der Waals surface area (Å²) in [6.07, 6.45) is 0. The van der Waals surface area contributed by atoms with E-state index in [1.165, 1.54) is 18.2 Å². The molecule has 17 heavy (non-hydrogen) atoms. The molecule has 92 valence electrons. The van der Waals surface area contributed by atoms with Gasteiger partial charge in [0.25, 0.3) is 0 Å². The molecule has 2 N–H and O–H groups in total. The normalized spacial score (nSPS) is 10.1. The van der Waals surface area contributed by atoms with Crippen molar-refractivity contribution in [3.8, 4) is 0 Å². The van der Waals surface area contributed by atoms with Crippen LogP contribution in [0.3, 0.4) is 0 Å². The molecular weight excluding hydrogens is 223 g/mol. The van der Waals surface area contributed by atoms with Crippen molar-refractivity contribution in [3.05, 3.63) is 30.1 Å². The van der Waals surface area contributed by atoms with Gasteiger partial charge in [0.2, 0.25) is 11.8 Å². The molecule has 0 radical (unpaired) electrons. The quantitative estimate of drug-likeness (QED) is 0.835. The maximum absolute atomic E-state index is 12.8. The molecule has 0 bridgehead atoms. The van der Waals surface area contributed by atoms with Crippen LogP contribution in [0.1, 0.15) is 13.8 Å². The lowest BCUT2D eigenvalue weighted by Crippen LogP contribution is -2.35. The van der Waals surface area contributed by atoms with E-state index in [4.69, 9.17) is 0 Å². The summed E-state index contributed by atoms with van der Waals surface area (Å²) >= 11 is 0. The lowest BCUT2D eigenvalue weighted by molar-refractivity contribution is -0.126. The SMILES string of the molecule is CC(C)C(=O)NCC(=O)Nc1cccc(F)c1. The molecule has 0 saturated carbocycles. The third-order valence-electron chi connectivity index (χ3n) is 2.06. The highest BCUT2D eigenvalue weighted by Gasteiger charge is 2.09. The van der Waals surface area contributed by atoms with Gasteiger partial charge in [0.1, 0.15) is 5.82 Å². The van der Waals surface area contributed by atoms with Gasteiger partial charge in [-0.15, -0.1) is 0 Å². The van der Waals surface area contributed by atoms with Gasteiger partial charge in [0.15, 0.2) is 0 Å². The smallest absolute Gasteiger partial charge is 0.243 e. The fourth-order valence-corrected chi connectivity index (χ4v) is 1.14. The summed E-state index contributed by atoms with van der Waals surface area (Å²) in [4.78, 5) is 22.6. The number of carbonyl (C=O) groups is 2. The molecule has 0 unspecified atom stereocenters. The monoisotopic (exact) mass is 238 g/mol. The topological polar surface area (TPSA) is 58.2 Å². The third kappa shape index (κ3) is 4.63. The van der Waals surface area contributed by atoms with E-state index in [0.717, 1.165) is 0 Å². The molecule has 1 rings (SSSR count). The lowest BCUT2D eigenvalue weighted by Gasteiger charge is -2.08. The fourth-order valence-electron chi connectivity index (χ4n) is 1.14. The molecule has 0 saturated heterocycles. The Hall–Kier alpha value is -1.91. The van der Waals surface area contributed by atoms with E-state index in [1.807, 2.05) is 0 Å². The van der Waals surface area contributed by atoms with E-state index >= 15 is 0 Å². The zero-order valence-corrected chi connectivity index (χ0v) is 9.79. The van der Waals surface area contributed by atoms with Crippen LogP contribution in [0.25, 0.3) is 0 Å². The second kappa shape index (κ2) is 5.98. The number of anilines is 1. The van der Waals surface area contributed by atoms with Gasteiger partial charge in [-0.25, -0.2) is 4.39 Å². The largest absolute Gasteiger partial charge is 0.347 e. The number of benzene rings is 1. The summed E-state index contributed by atoms with van der Waals surface area (Å²) in [7, 11) is 0. The summed E-state index contributed by atoms with van der Waals surface area (Å²) < 4.78 is 12.8. The van der Waals surface area contributed by atoms with Crippen molar-refractivity contribution in [2.75, 3.05) is 11.9 Å². The highest BCUT2D eigenvalue weighted by Crippen LogP contribution is 2.08. The van der Waals surface area contributed by atoms with Crippen LogP contribution in [-0.2, 0) is 9.59 Å². The first kappa shape index (κ1) is 13.2. The molecule has 0 spiro atoms. The number of carbonyl (C=O) groups excluding carboxylic acids is 2. The number of hydrogen-bond donors (Lipinski definition) is 2. The number of rotatable bonds is 4. The van der Waals surface area contributed by atoms with Crippen molar-refractivity contribution in [1.82, 2.24) is 5.32 Å². The number of hydrogen-bond acceptors (Lipinski definition) is 2. The van der Waals surface area contributed by atoms with Gasteiger partial charge in [0, 0.05) is 11.6 Å². The maximum Gasteiger partial charge on any atom is 0.243 e. The number of nitrogens with one attached hydrogen (secondary N) is 2. The third-order valence-corrected chi connectivity index (χ3v) is 2.06. The molecule has 1 aromatic carbocycles. The van der Waals surface area contributed by atoms with Crippen LogP contribution in [0.15, 0.2) is 24.3 Å². The Morgan fingerprint density at radius 1 is 1.35 bits per heavy atom. The minimum atomic E-state index is -0.422. The molecule has 0 aliphatic heterocycles. The summed E-state index contributed by atoms with van der Waals surface area (Å²) in [5.41, 5.74) is 0.369. The van der Waals surface area contributed by atoms with Crippen LogP contribution in [0.2, 0.25) is 0 Å². The second-order valence-electron chi connectivity index (χ2n) is 3.93. The molecule has 1 aromatic rings. The van der Waals surface area contributed by atoms with E-state index in [2.05, 4.69) is 10.6 Å². The molecule has 4 nitrogen and oxygen atoms in total. The summed E-state index contributed by atoms with van der Waals surface area (Å²) in [6, 6.07) is 5.57. The van der Waals surface area contributed by atoms with Crippen molar-refractivity contribution in [1.29, 1.82) is 0 Å². The van der Waals surface area contributed by atoms with Crippen LogP contribution in [0.4, 0.5) is 10.1 Å². The molecule has 0 fully saturated rings. The Kier molecular flexibility index (Phi) is 4.63. The molecule has 0 atom stereocenters. The van der Waals surface area contributed by atoms with Crippen LogP contribution in [-0.4, -0.2) is 18.4 Å². The highest BCUT2D eigenvalue weighted by molar-refractivity contribution is 5.94. The molecule has 0 aliphatic carbocycles. The molecular formula is C12H15FN2O2. The van der Waals surface area contributed by atoms with Crippen LogP contribution >= 0.6 is 0 Å². The average molecular weight is 238 g/mol. The summed E-state index contributed by atoms with van der Waals surface area (Å²) in [5.74, 6) is -1.17. The zero-order chi connectivity index (χ0) is 12.8. The van der Waals surface area contributed by atoms with Crippen LogP contribution < -0.4 is 10.6 Å². The summed E-state index contributed by atoms with van der Waals surface area (Å²) in [5, 5.41) is 4.96. The van der Waals surface area contributed by atoms with Gasteiger partial charge in [0.05, 0.1) is 6.54 Å².